The highest BCUT2D eigenvalue weighted by Crippen LogP contribution is 2.24. The number of ether oxygens (including phenoxy) is 1. The van der Waals surface area contributed by atoms with Crippen LogP contribution in [0.5, 0.6) is 5.75 Å². The van der Waals surface area contributed by atoms with E-state index in [2.05, 4.69) is 18.8 Å². The number of nitrogens with two attached hydrogens (primary N) is 1. The van der Waals surface area contributed by atoms with Crippen LogP contribution in [0.4, 0.5) is 0 Å². The minimum absolute atomic E-state index is 0. The normalized spacial score (nSPS) is 12.5. The molecule has 0 amide bonds. The van der Waals surface area contributed by atoms with Gasteiger partial charge in [0.2, 0.25) is 0 Å². The van der Waals surface area contributed by atoms with E-state index in [-0.39, 0.29) is 30.1 Å². The van der Waals surface area contributed by atoms with Crippen molar-refractivity contribution in [2.45, 2.75) is 26.9 Å². The maximum atomic E-state index is 6.03. The summed E-state index contributed by atoms with van der Waals surface area (Å²) in [6.45, 7) is 8.26. The summed E-state index contributed by atoms with van der Waals surface area (Å²) < 4.78 is 5.73. The van der Waals surface area contributed by atoms with Gasteiger partial charge in [0.1, 0.15) is 11.9 Å². The predicted molar refractivity (Wildman–Crippen MR) is 96.4 cm³/mol. The first-order valence-corrected chi connectivity index (χ1v) is 6.92. The minimum atomic E-state index is -0.0750. The highest BCUT2D eigenvalue weighted by molar-refractivity contribution is 14.0. The third-order valence-electron chi connectivity index (χ3n) is 2.76. The van der Waals surface area contributed by atoms with E-state index in [0.717, 1.165) is 13.1 Å². The summed E-state index contributed by atoms with van der Waals surface area (Å²) in [6, 6.07) is 7.41. The Balaban J connectivity index is 0.00000361. The molecule has 0 aliphatic carbocycles. The van der Waals surface area contributed by atoms with E-state index in [1.807, 2.05) is 30.0 Å². The van der Waals surface area contributed by atoms with Gasteiger partial charge in [-0.25, -0.2) is 4.99 Å². The zero-order valence-corrected chi connectivity index (χ0v) is 15.3. The molecule has 0 saturated heterocycles. The molecule has 0 saturated carbocycles. The van der Waals surface area contributed by atoms with E-state index in [1.54, 1.807) is 6.07 Å². The van der Waals surface area contributed by atoms with Gasteiger partial charge in [-0.1, -0.05) is 23.7 Å². The zero-order valence-electron chi connectivity index (χ0n) is 12.2. The largest absolute Gasteiger partial charge is 0.487 e. The SMILES string of the molecule is CCN(CC)C(N)=NCC(C)Oc1ccccc1Cl.I. The lowest BCUT2D eigenvalue weighted by atomic mass is 10.3. The monoisotopic (exact) mass is 411 g/mol. The average Bonchev–Trinajstić information content (AvgIpc) is 2.40. The lowest BCUT2D eigenvalue weighted by Gasteiger charge is -2.20. The lowest BCUT2D eigenvalue weighted by molar-refractivity contribution is 0.230. The molecule has 0 bridgehead atoms. The minimum Gasteiger partial charge on any atom is -0.487 e. The molecule has 114 valence electrons. The van der Waals surface area contributed by atoms with Gasteiger partial charge in [-0.2, -0.15) is 0 Å². The molecule has 1 unspecified atom stereocenters. The fourth-order valence-electron chi connectivity index (χ4n) is 1.66. The summed E-state index contributed by atoms with van der Waals surface area (Å²) in [5, 5.41) is 0.607. The molecule has 1 atom stereocenters. The van der Waals surface area contributed by atoms with Crippen molar-refractivity contribution in [3.05, 3.63) is 29.3 Å². The van der Waals surface area contributed by atoms with Crippen molar-refractivity contribution in [1.82, 2.24) is 4.90 Å². The zero-order chi connectivity index (χ0) is 14.3. The molecule has 0 heterocycles. The Bertz CT molecular complexity index is 425. The molecule has 2 N–H and O–H groups in total. The molecule has 0 aliphatic heterocycles. The summed E-state index contributed by atoms with van der Waals surface area (Å²) in [5.41, 5.74) is 5.90. The number of aliphatic imine (C=N–C) groups is 1. The van der Waals surface area contributed by atoms with Crippen LogP contribution in [-0.2, 0) is 0 Å². The van der Waals surface area contributed by atoms with Gasteiger partial charge in [-0.05, 0) is 32.9 Å². The number of hydrogen-bond acceptors (Lipinski definition) is 2. The first-order chi connectivity index (χ1) is 9.08. The molecule has 0 spiro atoms. The summed E-state index contributed by atoms with van der Waals surface area (Å²) in [6.07, 6.45) is -0.0750. The molecule has 1 rings (SSSR count). The van der Waals surface area contributed by atoms with Crippen molar-refractivity contribution >= 4 is 41.5 Å². The molecule has 0 fully saturated rings. The third-order valence-corrected chi connectivity index (χ3v) is 3.07. The Kier molecular flexibility index (Phi) is 9.75. The molecular formula is C14H23ClIN3O. The van der Waals surface area contributed by atoms with E-state index in [4.69, 9.17) is 22.1 Å². The topological polar surface area (TPSA) is 50.8 Å². The van der Waals surface area contributed by atoms with Crippen molar-refractivity contribution in [3.8, 4) is 5.75 Å². The standard InChI is InChI=1S/C14H22ClN3O.HI/c1-4-18(5-2)14(16)17-10-11(3)19-13-9-7-6-8-12(13)15;/h6-9,11H,4-5,10H2,1-3H3,(H2,16,17);1H. The Morgan fingerprint density at radius 3 is 2.50 bits per heavy atom. The van der Waals surface area contributed by atoms with E-state index in [1.165, 1.54) is 0 Å². The van der Waals surface area contributed by atoms with E-state index >= 15 is 0 Å². The van der Waals surface area contributed by atoms with Crippen LogP contribution in [0.15, 0.2) is 29.3 Å². The van der Waals surface area contributed by atoms with Crippen LogP contribution in [0, 0.1) is 0 Å². The number of nitrogens with zero attached hydrogens (tertiary/aromatic N) is 2. The summed E-state index contributed by atoms with van der Waals surface area (Å²) in [4.78, 5) is 6.35. The second-order valence-electron chi connectivity index (χ2n) is 4.23. The summed E-state index contributed by atoms with van der Waals surface area (Å²) >= 11 is 6.03. The quantitative estimate of drug-likeness (QED) is 0.443. The molecule has 0 radical (unpaired) electrons. The first kappa shape index (κ1) is 19.3. The molecule has 0 aromatic heterocycles. The lowest BCUT2D eigenvalue weighted by Crippen LogP contribution is -2.37. The van der Waals surface area contributed by atoms with E-state index < -0.39 is 0 Å². The predicted octanol–water partition coefficient (Wildman–Crippen LogP) is 3.38. The Labute approximate surface area is 143 Å². The second-order valence-corrected chi connectivity index (χ2v) is 4.64. The average molecular weight is 412 g/mol. The third kappa shape index (κ3) is 6.17. The van der Waals surface area contributed by atoms with Crippen LogP contribution in [0.25, 0.3) is 0 Å². The number of halogens is 2. The van der Waals surface area contributed by atoms with Gasteiger partial charge < -0.3 is 15.4 Å². The van der Waals surface area contributed by atoms with Crippen molar-refractivity contribution < 1.29 is 4.74 Å². The van der Waals surface area contributed by atoms with Gasteiger partial charge in [-0.3, -0.25) is 0 Å². The number of guanidine groups is 1. The van der Waals surface area contributed by atoms with Gasteiger partial charge >= 0.3 is 0 Å². The van der Waals surface area contributed by atoms with Gasteiger partial charge in [0.15, 0.2) is 5.96 Å². The van der Waals surface area contributed by atoms with Crippen LogP contribution in [0.2, 0.25) is 5.02 Å². The van der Waals surface area contributed by atoms with Crippen molar-refractivity contribution in [2.24, 2.45) is 10.7 Å². The van der Waals surface area contributed by atoms with Crippen LogP contribution in [0.1, 0.15) is 20.8 Å². The maximum Gasteiger partial charge on any atom is 0.191 e. The van der Waals surface area contributed by atoms with Crippen LogP contribution in [0.3, 0.4) is 0 Å². The fourth-order valence-corrected chi connectivity index (χ4v) is 1.84. The Hall–Kier alpha value is -0.690. The number of para-hydroxylation sites is 1. The molecule has 0 aliphatic rings. The highest BCUT2D eigenvalue weighted by atomic mass is 127. The first-order valence-electron chi connectivity index (χ1n) is 6.54. The van der Waals surface area contributed by atoms with E-state index in [9.17, 15) is 0 Å². The van der Waals surface area contributed by atoms with Crippen molar-refractivity contribution in [3.63, 3.8) is 0 Å². The van der Waals surface area contributed by atoms with Gasteiger partial charge in [-0.15, -0.1) is 24.0 Å². The molecular weight excluding hydrogens is 389 g/mol. The molecule has 4 nitrogen and oxygen atoms in total. The molecule has 1 aromatic carbocycles. The fraction of sp³-hybridized carbons (Fsp3) is 0.500. The van der Waals surface area contributed by atoms with Crippen LogP contribution in [-0.4, -0.2) is 36.6 Å². The van der Waals surface area contributed by atoms with Gasteiger partial charge in [0.25, 0.3) is 0 Å². The van der Waals surface area contributed by atoms with Crippen LogP contribution >= 0.6 is 35.6 Å². The molecule has 6 heteroatoms. The molecule has 1 aromatic rings. The van der Waals surface area contributed by atoms with Crippen molar-refractivity contribution in [1.29, 1.82) is 0 Å². The van der Waals surface area contributed by atoms with Gasteiger partial charge in [0.05, 0.1) is 11.6 Å². The Morgan fingerprint density at radius 2 is 1.95 bits per heavy atom. The number of rotatable bonds is 6. The van der Waals surface area contributed by atoms with Crippen molar-refractivity contribution in [2.75, 3.05) is 19.6 Å². The van der Waals surface area contributed by atoms with Gasteiger partial charge in [0, 0.05) is 13.1 Å². The Morgan fingerprint density at radius 1 is 1.35 bits per heavy atom. The highest BCUT2D eigenvalue weighted by Gasteiger charge is 2.08. The number of benzene rings is 1. The maximum absolute atomic E-state index is 6.03. The second kappa shape index (κ2) is 10.1. The summed E-state index contributed by atoms with van der Waals surface area (Å²) in [5.74, 6) is 1.23. The number of hydrogen-bond donors (Lipinski definition) is 1. The summed E-state index contributed by atoms with van der Waals surface area (Å²) in [7, 11) is 0. The van der Waals surface area contributed by atoms with Crippen LogP contribution < -0.4 is 10.5 Å². The molecule has 20 heavy (non-hydrogen) atoms. The van der Waals surface area contributed by atoms with E-state index in [0.29, 0.717) is 23.3 Å². The smallest absolute Gasteiger partial charge is 0.191 e.